The second-order valence-corrected chi connectivity index (χ2v) is 10.1. The molecule has 1 aliphatic heterocycles. The van der Waals surface area contributed by atoms with E-state index in [9.17, 15) is 14.4 Å². The van der Waals surface area contributed by atoms with Crippen LogP contribution in [0.3, 0.4) is 0 Å². The number of anilines is 2. The second-order valence-electron chi connectivity index (χ2n) is 9.68. The van der Waals surface area contributed by atoms with Crippen molar-refractivity contribution in [1.82, 2.24) is 23.6 Å². The number of nitrogens with zero attached hydrogens (tertiary/aromatic N) is 6. The van der Waals surface area contributed by atoms with Crippen molar-refractivity contribution >= 4 is 40.3 Å². The Bertz CT molecular complexity index is 1610. The van der Waals surface area contributed by atoms with Crippen LogP contribution in [0, 0.1) is 6.92 Å². The van der Waals surface area contributed by atoms with Crippen molar-refractivity contribution in [2.45, 2.75) is 13.5 Å². The molecule has 1 amide bonds. The fourth-order valence-electron chi connectivity index (χ4n) is 4.86. The number of rotatable bonds is 6. The summed E-state index contributed by atoms with van der Waals surface area (Å²) in [5.41, 5.74) is 2.85. The molecular weight excluding hydrogens is 506 g/mol. The fraction of sp³-hybridized carbons (Fsp3) is 0.333. The van der Waals surface area contributed by atoms with Crippen LogP contribution in [0.15, 0.2) is 58.1 Å². The maximum absolute atomic E-state index is 13.2. The number of nitrogens with one attached hydrogen (secondary N) is 1. The van der Waals surface area contributed by atoms with Crippen LogP contribution >= 0.6 is 11.6 Å². The zero-order valence-electron chi connectivity index (χ0n) is 21.6. The van der Waals surface area contributed by atoms with Gasteiger partial charge in [0.1, 0.15) is 0 Å². The average molecular weight is 536 g/mol. The van der Waals surface area contributed by atoms with E-state index >= 15 is 0 Å². The van der Waals surface area contributed by atoms with Crippen LogP contribution in [-0.2, 0) is 25.4 Å². The molecule has 0 aliphatic carbocycles. The summed E-state index contributed by atoms with van der Waals surface area (Å²) in [5, 5.41) is 3.52. The Kier molecular flexibility index (Phi) is 7.09. The van der Waals surface area contributed by atoms with Crippen LogP contribution in [0.25, 0.3) is 11.2 Å². The Morgan fingerprint density at radius 2 is 1.71 bits per heavy atom. The molecule has 0 radical (unpaired) electrons. The summed E-state index contributed by atoms with van der Waals surface area (Å²) in [7, 11) is 3.12. The first kappa shape index (κ1) is 25.7. The summed E-state index contributed by atoms with van der Waals surface area (Å²) in [5.74, 6) is 0.552. The lowest BCUT2D eigenvalue weighted by molar-refractivity contribution is -0.117. The van der Waals surface area contributed by atoms with E-state index in [0.717, 1.165) is 15.7 Å². The number of amides is 1. The van der Waals surface area contributed by atoms with Gasteiger partial charge < -0.3 is 10.2 Å². The highest BCUT2D eigenvalue weighted by Crippen LogP contribution is 2.23. The third-order valence-electron chi connectivity index (χ3n) is 6.90. The molecule has 0 bridgehead atoms. The van der Waals surface area contributed by atoms with Gasteiger partial charge in [-0.2, -0.15) is 4.98 Å². The minimum absolute atomic E-state index is 0.0917. The molecule has 1 saturated heterocycles. The van der Waals surface area contributed by atoms with Gasteiger partial charge in [-0.25, -0.2) is 4.79 Å². The first-order chi connectivity index (χ1) is 18.2. The number of fused-ring (bicyclic) bond motifs is 1. The molecule has 2 aromatic carbocycles. The predicted molar refractivity (Wildman–Crippen MR) is 149 cm³/mol. The topological polar surface area (TPSA) is 97.4 Å². The standard InChI is InChI=1S/C27H30ClN7O3/c1-18-5-4-6-19(15-18)16-35-23-24(31(2)27(38)32(3)25(23)37)30-26(35)34-13-11-33(12-14-34)17-22(36)29-21-9-7-20(28)8-10-21/h4-10,15H,11-14,16-17H2,1-3H3,(H,29,36). The van der Waals surface area contributed by atoms with Crippen LogP contribution in [0.5, 0.6) is 0 Å². The minimum Gasteiger partial charge on any atom is -0.340 e. The molecule has 0 spiro atoms. The van der Waals surface area contributed by atoms with Crippen molar-refractivity contribution in [2.24, 2.45) is 14.1 Å². The molecule has 0 unspecified atom stereocenters. The van der Waals surface area contributed by atoms with Gasteiger partial charge in [-0.15, -0.1) is 0 Å². The number of imidazole rings is 1. The molecule has 11 heteroatoms. The lowest BCUT2D eigenvalue weighted by Crippen LogP contribution is -2.49. The van der Waals surface area contributed by atoms with Gasteiger partial charge in [-0.1, -0.05) is 41.4 Å². The molecule has 38 heavy (non-hydrogen) atoms. The molecule has 1 fully saturated rings. The van der Waals surface area contributed by atoms with Crippen LogP contribution in [-0.4, -0.2) is 62.2 Å². The summed E-state index contributed by atoms with van der Waals surface area (Å²) in [6.07, 6.45) is 0. The second kappa shape index (κ2) is 10.5. The highest BCUT2D eigenvalue weighted by molar-refractivity contribution is 6.30. The zero-order valence-corrected chi connectivity index (χ0v) is 22.4. The van der Waals surface area contributed by atoms with Crippen molar-refractivity contribution in [1.29, 1.82) is 0 Å². The normalized spacial score (nSPS) is 14.3. The summed E-state index contributed by atoms with van der Waals surface area (Å²) in [4.78, 5) is 47.4. The van der Waals surface area contributed by atoms with E-state index in [4.69, 9.17) is 16.6 Å². The quantitative estimate of drug-likeness (QED) is 0.406. The third-order valence-corrected chi connectivity index (χ3v) is 7.15. The van der Waals surface area contributed by atoms with Crippen molar-refractivity contribution in [3.63, 3.8) is 0 Å². The Morgan fingerprint density at radius 3 is 2.39 bits per heavy atom. The SMILES string of the molecule is Cc1cccc(Cn2c(N3CCN(CC(=O)Nc4ccc(Cl)cc4)CC3)nc3c2c(=O)n(C)c(=O)n3C)c1. The van der Waals surface area contributed by atoms with E-state index in [1.54, 1.807) is 31.3 Å². The Hall–Kier alpha value is -3.89. The Labute approximate surface area is 224 Å². The number of aryl methyl sites for hydroxylation is 2. The monoisotopic (exact) mass is 535 g/mol. The predicted octanol–water partition coefficient (Wildman–Crippen LogP) is 2.20. The van der Waals surface area contributed by atoms with Crippen LogP contribution < -0.4 is 21.5 Å². The summed E-state index contributed by atoms with van der Waals surface area (Å²) in [6, 6.07) is 15.1. The highest BCUT2D eigenvalue weighted by Gasteiger charge is 2.26. The maximum atomic E-state index is 13.2. The first-order valence-corrected chi connectivity index (χ1v) is 12.8. The van der Waals surface area contributed by atoms with Gasteiger partial charge in [0, 0.05) is 51.0 Å². The number of carbonyl (C=O) groups is 1. The van der Waals surface area contributed by atoms with Gasteiger partial charge in [0.2, 0.25) is 11.9 Å². The molecule has 3 heterocycles. The minimum atomic E-state index is -0.411. The van der Waals surface area contributed by atoms with E-state index in [-0.39, 0.29) is 18.0 Å². The van der Waals surface area contributed by atoms with E-state index in [0.29, 0.717) is 60.5 Å². The molecular formula is C27H30ClN7O3. The van der Waals surface area contributed by atoms with E-state index in [1.807, 2.05) is 29.7 Å². The summed E-state index contributed by atoms with van der Waals surface area (Å²) in [6.45, 7) is 5.30. The van der Waals surface area contributed by atoms with Crippen molar-refractivity contribution < 1.29 is 4.79 Å². The van der Waals surface area contributed by atoms with Gasteiger partial charge in [0.25, 0.3) is 5.56 Å². The molecule has 0 atom stereocenters. The van der Waals surface area contributed by atoms with Crippen LogP contribution in [0.4, 0.5) is 11.6 Å². The highest BCUT2D eigenvalue weighted by atomic mass is 35.5. The van der Waals surface area contributed by atoms with Gasteiger partial charge in [-0.3, -0.25) is 28.2 Å². The lowest BCUT2D eigenvalue weighted by atomic mass is 10.1. The van der Waals surface area contributed by atoms with Crippen molar-refractivity contribution in [2.75, 3.05) is 42.9 Å². The van der Waals surface area contributed by atoms with Crippen LogP contribution in [0.1, 0.15) is 11.1 Å². The van der Waals surface area contributed by atoms with Crippen molar-refractivity contribution in [3.05, 3.63) is 85.5 Å². The molecule has 0 saturated carbocycles. The largest absolute Gasteiger partial charge is 0.340 e. The number of aromatic nitrogens is 4. The Balaban J connectivity index is 1.39. The van der Waals surface area contributed by atoms with Gasteiger partial charge in [0.05, 0.1) is 13.1 Å². The van der Waals surface area contributed by atoms with Crippen molar-refractivity contribution in [3.8, 4) is 0 Å². The molecule has 5 rings (SSSR count). The number of halogens is 1. The van der Waals surface area contributed by atoms with E-state index in [2.05, 4.69) is 21.2 Å². The molecule has 2 aromatic heterocycles. The molecule has 1 aliphatic rings. The van der Waals surface area contributed by atoms with Gasteiger partial charge >= 0.3 is 5.69 Å². The third kappa shape index (κ3) is 5.09. The summed E-state index contributed by atoms with van der Waals surface area (Å²) < 4.78 is 4.46. The number of hydrogen-bond acceptors (Lipinski definition) is 6. The number of carbonyl (C=O) groups excluding carboxylic acids is 1. The average Bonchev–Trinajstić information content (AvgIpc) is 3.27. The first-order valence-electron chi connectivity index (χ1n) is 12.5. The zero-order chi connectivity index (χ0) is 27.0. The molecule has 1 N–H and O–H groups in total. The lowest BCUT2D eigenvalue weighted by Gasteiger charge is -2.35. The van der Waals surface area contributed by atoms with E-state index in [1.165, 1.54) is 11.6 Å². The fourth-order valence-corrected chi connectivity index (χ4v) is 4.99. The maximum Gasteiger partial charge on any atom is 0.332 e. The van der Waals surface area contributed by atoms with Gasteiger partial charge in [0.15, 0.2) is 11.2 Å². The van der Waals surface area contributed by atoms with Gasteiger partial charge in [-0.05, 0) is 36.8 Å². The van der Waals surface area contributed by atoms with E-state index < -0.39 is 5.69 Å². The smallest absolute Gasteiger partial charge is 0.332 e. The molecule has 10 nitrogen and oxygen atoms in total. The number of piperazine rings is 1. The number of hydrogen-bond donors (Lipinski definition) is 1. The summed E-state index contributed by atoms with van der Waals surface area (Å²) >= 11 is 5.92. The Morgan fingerprint density at radius 1 is 1.00 bits per heavy atom. The molecule has 198 valence electrons. The number of benzene rings is 2. The van der Waals surface area contributed by atoms with Crippen LogP contribution in [0.2, 0.25) is 5.02 Å². The molecule has 4 aromatic rings.